The van der Waals surface area contributed by atoms with Crippen LogP contribution in [-0.4, -0.2) is 31.9 Å². The lowest BCUT2D eigenvalue weighted by Crippen LogP contribution is -1.96. The van der Waals surface area contributed by atoms with Gasteiger partial charge in [-0.2, -0.15) is 8.42 Å². The molecule has 0 aliphatic rings. The highest BCUT2D eigenvalue weighted by Crippen LogP contribution is 1.74. The SMILES string of the molecule is COS(=O)(=O)O.NCO. The predicted octanol–water partition coefficient (Wildman–Crippen LogP) is -1.67. The van der Waals surface area contributed by atoms with E-state index < -0.39 is 10.4 Å². The lowest BCUT2D eigenvalue weighted by molar-refractivity contribution is 0.307. The van der Waals surface area contributed by atoms with Crippen LogP contribution in [0.5, 0.6) is 0 Å². The Balaban J connectivity index is 0. The third-order valence-electron chi connectivity index (χ3n) is 0.211. The predicted molar refractivity (Wildman–Crippen MR) is 29.8 cm³/mol. The van der Waals surface area contributed by atoms with E-state index in [1.165, 1.54) is 0 Å². The Morgan fingerprint density at radius 2 is 1.78 bits per heavy atom. The van der Waals surface area contributed by atoms with Crippen molar-refractivity contribution in [2.45, 2.75) is 0 Å². The van der Waals surface area contributed by atoms with Crippen molar-refractivity contribution >= 4 is 10.4 Å². The quantitative estimate of drug-likeness (QED) is 0.311. The van der Waals surface area contributed by atoms with Crippen LogP contribution in [0.3, 0.4) is 0 Å². The molecule has 0 unspecified atom stereocenters. The fourth-order valence-corrected chi connectivity index (χ4v) is 0. The molecular formula is C2H9NO5S. The Morgan fingerprint density at radius 1 is 1.67 bits per heavy atom. The van der Waals surface area contributed by atoms with Gasteiger partial charge in [-0.3, -0.25) is 8.74 Å². The lowest BCUT2D eigenvalue weighted by Gasteiger charge is -1.82. The van der Waals surface area contributed by atoms with E-state index in [9.17, 15) is 8.42 Å². The molecule has 6 nitrogen and oxygen atoms in total. The van der Waals surface area contributed by atoms with Crippen molar-refractivity contribution in [1.82, 2.24) is 0 Å². The molecule has 0 heterocycles. The van der Waals surface area contributed by atoms with Gasteiger partial charge in [-0.15, -0.1) is 0 Å². The van der Waals surface area contributed by atoms with Crippen molar-refractivity contribution in [1.29, 1.82) is 0 Å². The van der Waals surface area contributed by atoms with E-state index in [1.807, 2.05) is 0 Å². The van der Waals surface area contributed by atoms with E-state index in [2.05, 4.69) is 9.92 Å². The summed E-state index contributed by atoms with van der Waals surface area (Å²) in [7, 11) is -3.29. The van der Waals surface area contributed by atoms with E-state index in [4.69, 9.17) is 9.66 Å². The summed E-state index contributed by atoms with van der Waals surface area (Å²) in [5, 5.41) is 7.35. The highest BCUT2D eigenvalue weighted by atomic mass is 32.3. The molecule has 0 fully saturated rings. The normalized spacial score (nSPS) is 9.78. The Hall–Kier alpha value is -0.210. The van der Waals surface area contributed by atoms with Gasteiger partial charge >= 0.3 is 10.4 Å². The third kappa shape index (κ3) is 33.5. The fourth-order valence-electron chi connectivity index (χ4n) is 0. The minimum Gasteiger partial charge on any atom is -0.382 e. The Labute approximate surface area is 53.2 Å². The first-order chi connectivity index (χ1) is 3.97. The van der Waals surface area contributed by atoms with Crippen LogP contribution in [0, 0.1) is 0 Å². The molecule has 0 bridgehead atoms. The van der Waals surface area contributed by atoms with Gasteiger partial charge in [0.1, 0.15) is 0 Å². The van der Waals surface area contributed by atoms with Crippen molar-refractivity contribution < 1.29 is 22.3 Å². The minimum absolute atomic E-state index is 0.250. The molecule has 58 valence electrons. The van der Waals surface area contributed by atoms with Gasteiger partial charge in [-0.25, -0.2) is 0 Å². The number of hydrogen-bond donors (Lipinski definition) is 3. The molecule has 0 radical (unpaired) electrons. The topological polar surface area (TPSA) is 110 Å². The highest BCUT2D eigenvalue weighted by molar-refractivity contribution is 7.80. The zero-order chi connectivity index (χ0) is 7.91. The zero-order valence-corrected chi connectivity index (χ0v) is 5.63. The summed E-state index contributed by atoms with van der Waals surface area (Å²) in [4.78, 5) is 0. The molecule has 9 heavy (non-hydrogen) atoms. The second-order valence-electron chi connectivity index (χ2n) is 0.777. The van der Waals surface area contributed by atoms with Gasteiger partial charge in [0.05, 0.1) is 13.8 Å². The Bertz CT molecular complexity index is 128. The number of aliphatic hydroxyl groups is 1. The lowest BCUT2D eigenvalue weighted by atomic mass is 11.4. The summed E-state index contributed by atoms with van der Waals surface area (Å²) in [6, 6.07) is 0. The molecule has 0 aromatic carbocycles. The molecule has 0 aromatic heterocycles. The third-order valence-corrected chi connectivity index (χ3v) is 0.632. The summed E-state index contributed by atoms with van der Waals surface area (Å²) >= 11 is 0. The monoisotopic (exact) mass is 159 g/mol. The maximum Gasteiger partial charge on any atom is 0.397 e. The van der Waals surface area contributed by atoms with Crippen LogP contribution in [0.2, 0.25) is 0 Å². The fraction of sp³-hybridized carbons (Fsp3) is 1.00. The second kappa shape index (κ2) is 5.92. The van der Waals surface area contributed by atoms with Crippen LogP contribution in [0.25, 0.3) is 0 Å². The molecule has 0 aliphatic carbocycles. The molecule has 0 saturated carbocycles. The van der Waals surface area contributed by atoms with Crippen molar-refractivity contribution in [2.24, 2.45) is 5.73 Å². The first kappa shape index (κ1) is 11.6. The molecule has 0 atom stereocenters. The van der Waals surface area contributed by atoms with Gasteiger partial charge < -0.3 is 10.8 Å². The zero-order valence-electron chi connectivity index (χ0n) is 4.81. The van der Waals surface area contributed by atoms with Crippen LogP contribution < -0.4 is 5.73 Å². The molecule has 0 spiro atoms. The van der Waals surface area contributed by atoms with Gasteiger partial charge in [0, 0.05) is 0 Å². The van der Waals surface area contributed by atoms with Crippen LogP contribution in [0.4, 0.5) is 0 Å². The molecule has 4 N–H and O–H groups in total. The van der Waals surface area contributed by atoms with Crippen molar-refractivity contribution in [3.05, 3.63) is 0 Å². The molecule has 7 heteroatoms. The van der Waals surface area contributed by atoms with E-state index in [0.717, 1.165) is 7.11 Å². The van der Waals surface area contributed by atoms with Crippen LogP contribution >= 0.6 is 0 Å². The molecular weight excluding hydrogens is 150 g/mol. The standard InChI is InChI=1S/CH5NO.CH4O4S/c2-1-3;1-5-6(2,3)4/h3H,1-2H2;1H3,(H,2,3,4). The van der Waals surface area contributed by atoms with Crippen molar-refractivity contribution in [3.63, 3.8) is 0 Å². The Kier molecular flexibility index (Phi) is 7.61. The smallest absolute Gasteiger partial charge is 0.382 e. The van der Waals surface area contributed by atoms with E-state index >= 15 is 0 Å². The van der Waals surface area contributed by atoms with Gasteiger partial charge in [0.2, 0.25) is 0 Å². The van der Waals surface area contributed by atoms with Crippen molar-refractivity contribution in [3.8, 4) is 0 Å². The van der Waals surface area contributed by atoms with Gasteiger partial charge in [0.15, 0.2) is 0 Å². The van der Waals surface area contributed by atoms with Gasteiger partial charge in [-0.05, 0) is 0 Å². The summed E-state index contributed by atoms with van der Waals surface area (Å²) in [6.07, 6.45) is 0. The van der Waals surface area contributed by atoms with Gasteiger partial charge in [-0.1, -0.05) is 0 Å². The first-order valence-electron chi connectivity index (χ1n) is 1.82. The van der Waals surface area contributed by atoms with E-state index in [1.54, 1.807) is 0 Å². The molecule has 0 aliphatic heterocycles. The molecule has 0 rings (SSSR count). The van der Waals surface area contributed by atoms with Crippen LogP contribution in [0.1, 0.15) is 0 Å². The second-order valence-corrected chi connectivity index (χ2v) is 1.97. The maximum atomic E-state index is 9.33. The number of aliphatic hydroxyl groups excluding tert-OH is 1. The summed E-state index contributed by atoms with van der Waals surface area (Å²) in [6.45, 7) is -0.250. The number of rotatable bonds is 1. The van der Waals surface area contributed by atoms with Crippen LogP contribution in [-0.2, 0) is 14.6 Å². The highest BCUT2D eigenvalue weighted by Gasteiger charge is 1.93. The van der Waals surface area contributed by atoms with E-state index in [-0.39, 0.29) is 6.73 Å². The number of nitrogens with two attached hydrogens (primary N) is 1. The summed E-state index contributed by atoms with van der Waals surface area (Å²) in [5.41, 5.74) is 4.40. The average Bonchev–Trinajstić information content (AvgIpc) is 1.67. The first-order valence-corrected chi connectivity index (χ1v) is 3.18. The molecule has 0 amide bonds. The molecule has 0 aromatic rings. The van der Waals surface area contributed by atoms with Gasteiger partial charge in [0.25, 0.3) is 0 Å². The molecule has 0 saturated heterocycles. The van der Waals surface area contributed by atoms with Crippen LogP contribution in [0.15, 0.2) is 0 Å². The maximum absolute atomic E-state index is 9.33. The minimum atomic E-state index is -4.16. The van der Waals surface area contributed by atoms with E-state index in [0.29, 0.717) is 0 Å². The Morgan fingerprint density at radius 3 is 1.78 bits per heavy atom. The number of hydrogen-bond acceptors (Lipinski definition) is 5. The summed E-state index contributed by atoms with van der Waals surface area (Å²) in [5.74, 6) is 0. The largest absolute Gasteiger partial charge is 0.397 e. The average molecular weight is 159 g/mol. The summed E-state index contributed by atoms with van der Waals surface area (Å²) < 4.78 is 29.7. The van der Waals surface area contributed by atoms with Crippen molar-refractivity contribution in [2.75, 3.05) is 13.8 Å².